The maximum absolute atomic E-state index is 12.5. The van der Waals surface area contributed by atoms with Crippen LogP contribution in [0.1, 0.15) is 47.0 Å². The predicted octanol–water partition coefficient (Wildman–Crippen LogP) is 1.89. The number of allylic oxidation sites excluding steroid dienone is 1. The van der Waals surface area contributed by atoms with E-state index in [-0.39, 0.29) is 5.57 Å². The second-order valence-electron chi connectivity index (χ2n) is 8.44. The van der Waals surface area contributed by atoms with Gasteiger partial charge in [-0.1, -0.05) is 19.6 Å². The molecular formula is C20H28O6. The first-order valence-electron chi connectivity index (χ1n) is 9.17. The van der Waals surface area contributed by atoms with Gasteiger partial charge in [0.2, 0.25) is 0 Å². The molecule has 26 heavy (non-hydrogen) atoms. The van der Waals surface area contributed by atoms with E-state index in [0.29, 0.717) is 24.8 Å². The normalized spacial score (nSPS) is 45.6. The molecule has 0 aromatic heterocycles. The lowest BCUT2D eigenvalue weighted by atomic mass is 9.50. The molecule has 0 bridgehead atoms. The van der Waals surface area contributed by atoms with E-state index in [1.54, 1.807) is 26.8 Å². The standard InChI is InChI=1S/C20H28O6/c1-6-10(2)17(22)26-15-14-11(3)18(23)25-12(14)9-19(4)13(21)7-8-20(5,24)16(15)19/h6,12-16,21,24H,3,7-9H2,1-2,4-5H3/b10-6+. The lowest BCUT2D eigenvalue weighted by Crippen LogP contribution is -2.65. The molecule has 2 N–H and O–H groups in total. The van der Waals surface area contributed by atoms with Crippen molar-refractivity contribution >= 4 is 11.9 Å². The van der Waals surface area contributed by atoms with E-state index in [1.807, 2.05) is 6.92 Å². The molecule has 6 nitrogen and oxygen atoms in total. The first kappa shape index (κ1) is 19.1. The summed E-state index contributed by atoms with van der Waals surface area (Å²) in [5.41, 5.74) is -1.16. The quantitative estimate of drug-likeness (QED) is 0.574. The molecule has 1 heterocycles. The highest BCUT2D eigenvalue weighted by atomic mass is 16.6. The maximum Gasteiger partial charge on any atom is 0.334 e. The van der Waals surface area contributed by atoms with Crippen LogP contribution in [0, 0.1) is 17.3 Å². The molecule has 3 aliphatic rings. The highest BCUT2D eigenvalue weighted by molar-refractivity contribution is 5.91. The van der Waals surface area contributed by atoms with Crippen LogP contribution in [0.2, 0.25) is 0 Å². The van der Waals surface area contributed by atoms with Gasteiger partial charge < -0.3 is 19.7 Å². The molecule has 3 rings (SSSR count). The summed E-state index contributed by atoms with van der Waals surface area (Å²) in [7, 11) is 0. The summed E-state index contributed by atoms with van der Waals surface area (Å²) in [6.07, 6.45) is 0.922. The summed E-state index contributed by atoms with van der Waals surface area (Å²) in [6, 6.07) is 0. The first-order chi connectivity index (χ1) is 12.0. The smallest absolute Gasteiger partial charge is 0.334 e. The lowest BCUT2D eigenvalue weighted by Gasteiger charge is -2.59. The number of carbonyl (C=O) groups is 2. The van der Waals surface area contributed by atoms with Crippen molar-refractivity contribution < 1.29 is 29.3 Å². The summed E-state index contributed by atoms with van der Waals surface area (Å²) in [5, 5.41) is 21.9. The van der Waals surface area contributed by atoms with Crippen LogP contribution in [0.25, 0.3) is 0 Å². The fourth-order valence-corrected chi connectivity index (χ4v) is 5.17. The van der Waals surface area contributed by atoms with Crippen molar-refractivity contribution in [3.8, 4) is 0 Å². The Labute approximate surface area is 153 Å². The number of esters is 2. The van der Waals surface area contributed by atoms with Gasteiger partial charge in [-0.15, -0.1) is 0 Å². The van der Waals surface area contributed by atoms with Crippen LogP contribution in [0.3, 0.4) is 0 Å². The van der Waals surface area contributed by atoms with Crippen LogP contribution in [-0.4, -0.2) is 46.1 Å². The van der Waals surface area contributed by atoms with Gasteiger partial charge in [0, 0.05) is 22.5 Å². The van der Waals surface area contributed by atoms with Gasteiger partial charge in [-0.3, -0.25) is 0 Å². The SMILES string of the molecule is C=C1C(=O)OC2CC3(C)C(O)CCC(C)(O)C3C(OC(=O)/C(C)=C/C)C12. The summed E-state index contributed by atoms with van der Waals surface area (Å²) < 4.78 is 11.3. The molecule has 7 atom stereocenters. The van der Waals surface area contributed by atoms with Crippen LogP contribution in [0.5, 0.6) is 0 Å². The van der Waals surface area contributed by atoms with E-state index >= 15 is 0 Å². The molecule has 2 saturated carbocycles. The molecule has 0 spiro atoms. The van der Waals surface area contributed by atoms with Gasteiger partial charge in [0.1, 0.15) is 12.2 Å². The van der Waals surface area contributed by atoms with E-state index in [4.69, 9.17) is 9.47 Å². The maximum atomic E-state index is 12.5. The largest absolute Gasteiger partial charge is 0.458 e. The highest BCUT2D eigenvalue weighted by Crippen LogP contribution is 2.59. The molecule has 1 aliphatic heterocycles. The van der Waals surface area contributed by atoms with Crippen molar-refractivity contribution in [1.29, 1.82) is 0 Å². The van der Waals surface area contributed by atoms with E-state index in [0.717, 1.165) is 0 Å². The molecule has 6 heteroatoms. The number of aliphatic hydroxyl groups is 2. The van der Waals surface area contributed by atoms with Crippen LogP contribution in [0.15, 0.2) is 23.8 Å². The Hall–Kier alpha value is -1.66. The molecule has 144 valence electrons. The Morgan fingerprint density at radius 2 is 2.08 bits per heavy atom. The van der Waals surface area contributed by atoms with Crippen molar-refractivity contribution in [2.45, 2.75) is 70.9 Å². The summed E-state index contributed by atoms with van der Waals surface area (Å²) in [5.74, 6) is -2.03. The minimum atomic E-state index is -1.14. The highest BCUT2D eigenvalue weighted by Gasteiger charge is 2.66. The monoisotopic (exact) mass is 364 g/mol. The van der Waals surface area contributed by atoms with Gasteiger partial charge in [-0.25, -0.2) is 9.59 Å². The van der Waals surface area contributed by atoms with Crippen molar-refractivity contribution in [2.24, 2.45) is 17.3 Å². The van der Waals surface area contributed by atoms with Crippen molar-refractivity contribution in [3.63, 3.8) is 0 Å². The van der Waals surface area contributed by atoms with Gasteiger partial charge in [-0.05, 0) is 40.0 Å². The van der Waals surface area contributed by atoms with Crippen LogP contribution in [0.4, 0.5) is 0 Å². The second kappa shape index (κ2) is 6.20. The average Bonchev–Trinajstić information content (AvgIpc) is 2.84. The summed E-state index contributed by atoms with van der Waals surface area (Å²) >= 11 is 0. The third-order valence-corrected chi connectivity index (χ3v) is 6.71. The first-order valence-corrected chi connectivity index (χ1v) is 9.17. The van der Waals surface area contributed by atoms with Crippen LogP contribution < -0.4 is 0 Å². The zero-order chi connectivity index (χ0) is 19.4. The van der Waals surface area contributed by atoms with Gasteiger partial charge in [0.15, 0.2) is 0 Å². The Morgan fingerprint density at radius 1 is 1.42 bits per heavy atom. The Balaban J connectivity index is 2.08. The average molecular weight is 364 g/mol. The Bertz CT molecular complexity index is 678. The van der Waals surface area contributed by atoms with Crippen molar-refractivity contribution in [2.75, 3.05) is 0 Å². The van der Waals surface area contributed by atoms with Crippen LogP contribution >= 0.6 is 0 Å². The summed E-state index contributed by atoms with van der Waals surface area (Å²) in [6.45, 7) is 10.8. The minimum absolute atomic E-state index is 0.267. The fourth-order valence-electron chi connectivity index (χ4n) is 5.17. The number of carbonyl (C=O) groups excluding carboxylic acids is 2. The van der Waals surface area contributed by atoms with Gasteiger partial charge in [-0.2, -0.15) is 0 Å². The van der Waals surface area contributed by atoms with E-state index < -0.39 is 53.1 Å². The number of rotatable bonds is 2. The van der Waals surface area contributed by atoms with Crippen molar-refractivity contribution in [1.82, 2.24) is 0 Å². The number of aliphatic hydroxyl groups excluding tert-OH is 1. The third kappa shape index (κ3) is 2.70. The molecule has 2 aliphatic carbocycles. The van der Waals surface area contributed by atoms with Crippen molar-refractivity contribution in [3.05, 3.63) is 23.8 Å². The Morgan fingerprint density at radius 3 is 2.69 bits per heavy atom. The molecule has 7 unspecified atom stereocenters. The molecule has 1 saturated heterocycles. The van der Waals surface area contributed by atoms with Gasteiger partial charge in [0.05, 0.1) is 17.6 Å². The number of hydrogen-bond donors (Lipinski definition) is 2. The predicted molar refractivity (Wildman–Crippen MR) is 93.9 cm³/mol. The fraction of sp³-hybridized carbons (Fsp3) is 0.700. The third-order valence-electron chi connectivity index (χ3n) is 6.71. The number of hydrogen-bond acceptors (Lipinski definition) is 6. The van der Waals surface area contributed by atoms with E-state index in [2.05, 4.69) is 6.58 Å². The second-order valence-corrected chi connectivity index (χ2v) is 8.44. The number of ether oxygens (including phenoxy) is 2. The molecular weight excluding hydrogens is 336 g/mol. The number of fused-ring (bicyclic) bond motifs is 2. The van der Waals surface area contributed by atoms with E-state index in [1.165, 1.54) is 0 Å². The molecule has 0 aromatic rings. The van der Waals surface area contributed by atoms with Crippen LogP contribution in [-0.2, 0) is 19.1 Å². The van der Waals surface area contributed by atoms with Gasteiger partial charge in [0.25, 0.3) is 0 Å². The molecule has 3 fully saturated rings. The Kier molecular flexibility index (Phi) is 4.56. The minimum Gasteiger partial charge on any atom is -0.458 e. The van der Waals surface area contributed by atoms with E-state index in [9.17, 15) is 19.8 Å². The lowest BCUT2D eigenvalue weighted by molar-refractivity contribution is -0.234. The molecule has 0 amide bonds. The topological polar surface area (TPSA) is 93.1 Å². The zero-order valence-corrected chi connectivity index (χ0v) is 15.8. The summed E-state index contributed by atoms with van der Waals surface area (Å²) in [4.78, 5) is 24.6. The molecule has 0 aromatic carbocycles. The van der Waals surface area contributed by atoms with Gasteiger partial charge >= 0.3 is 11.9 Å². The molecule has 0 radical (unpaired) electrons. The zero-order valence-electron chi connectivity index (χ0n) is 15.8.